The van der Waals surface area contributed by atoms with Gasteiger partial charge in [0, 0.05) is 17.5 Å². The van der Waals surface area contributed by atoms with Crippen molar-refractivity contribution in [2.24, 2.45) is 29.1 Å². The van der Waals surface area contributed by atoms with Crippen molar-refractivity contribution in [1.82, 2.24) is 10.4 Å². The number of amides is 1. The molecular formula is C25H36N2O5. The summed E-state index contributed by atoms with van der Waals surface area (Å²) in [5.74, 6) is 0.881. The van der Waals surface area contributed by atoms with Gasteiger partial charge in [0.15, 0.2) is 0 Å². The number of rotatable bonds is 7. The van der Waals surface area contributed by atoms with Crippen molar-refractivity contribution in [3.63, 3.8) is 0 Å². The fourth-order valence-electron chi connectivity index (χ4n) is 6.43. The summed E-state index contributed by atoms with van der Waals surface area (Å²) in [5, 5.41) is 25.2. The largest absolute Gasteiger partial charge is 0.394 e. The lowest BCUT2D eigenvalue weighted by atomic mass is 9.45. The first-order valence-electron chi connectivity index (χ1n) is 11.7. The number of carbonyl (C=O) groups is 2. The van der Waals surface area contributed by atoms with Gasteiger partial charge in [-0.1, -0.05) is 39.0 Å². The van der Waals surface area contributed by atoms with Gasteiger partial charge in [-0.2, -0.15) is 5.06 Å². The minimum Gasteiger partial charge on any atom is -0.394 e. The molecule has 4 fully saturated rings. The highest BCUT2D eigenvalue weighted by Gasteiger charge is 2.57. The third-order valence-electron chi connectivity index (χ3n) is 8.49. The second kappa shape index (κ2) is 8.86. The molecular weight excluding hydrogens is 408 g/mol. The highest BCUT2D eigenvalue weighted by molar-refractivity contribution is 5.83. The topological polar surface area (TPSA) is 99.1 Å². The van der Waals surface area contributed by atoms with Crippen LogP contribution in [0.5, 0.6) is 0 Å². The summed E-state index contributed by atoms with van der Waals surface area (Å²) < 4.78 is 0. The Balaban J connectivity index is 1.54. The zero-order valence-corrected chi connectivity index (χ0v) is 19.4. The molecule has 3 aliphatic carbocycles. The molecule has 1 aromatic carbocycles. The van der Waals surface area contributed by atoms with Crippen molar-refractivity contribution in [1.29, 1.82) is 0 Å². The molecule has 1 unspecified atom stereocenters. The number of fused-ring (bicyclic) bond motifs is 2. The second-order valence-electron chi connectivity index (χ2n) is 10.6. The van der Waals surface area contributed by atoms with Gasteiger partial charge in [0.1, 0.15) is 18.4 Å². The van der Waals surface area contributed by atoms with Gasteiger partial charge in [-0.25, -0.2) is 0 Å². The lowest BCUT2D eigenvalue weighted by molar-refractivity contribution is -0.183. The molecule has 0 aromatic heterocycles. The third-order valence-corrected chi connectivity index (χ3v) is 8.49. The van der Waals surface area contributed by atoms with E-state index in [1.54, 1.807) is 30.2 Å². The van der Waals surface area contributed by atoms with Gasteiger partial charge in [0.25, 0.3) is 0 Å². The highest BCUT2D eigenvalue weighted by atomic mass is 16.7. The number of hydrogen-bond donors (Lipinski definition) is 3. The Labute approximate surface area is 190 Å². The van der Waals surface area contributed by atoms with E-state index in [0.29, 0.717) is 28.7 Å². The first-order valence-corrected chi connectivity index (χ1v) is 11.7. The van der Waals surface area contributed by atoms with E-state index in [2.05, 4.69) is 26.1 Å². The Kier molecular flexibility index (Phi) is 6.47. The molecule has 8 atom stereocenters. The predicted molar refractivity (Wildman–Crippen MR) is 119 cm³/mol. The molecule has 7 heteroatoms. The van der Waals surface area contributed by atoms with Crippen molar-refractivity contribution in [2.45, 2.75) is 71.4 Å². The quantitative estimate of drug-likeness (QED) is 0.558. The zero-order chi connectivity index (χ0) is 23.2. The maximum absolute atomic E-state index is 13.6. The molecule has 3 N–H and O–H groups in total. The van der Waals surface area contributed by atoms with Gasteiger partial charge in [-0.3, -0.25) is 14.4 Å². The van der Waals surface area contributed by atoms with Crippen LogP contribution in [0.1, 0.15) is 56.5 Å². The molecule has 4 aliphatic rings. The van der Waals surface area contributed by atoms with Crippen LogP contribution in [0.2, 0.25) is 0 Å². The van der Waals surface area contributed by atoms with E-state index in [1.807, 2.05) is 6.07 Å². The summed E-state index contributed by atoms with van der Waals surface area (Å²) in [6.07, 6.45) is 1.48. The van der Waals surface area contributed by atoms with E-state index in [0.717, 1.165) is 18.3 Å². The Bertz CT molecular complexity index is 856. The van der Waals surface area contributed by atoms with Gasteiger partial charge < -0.3 is 15.5 Å². The van der Waals surface area contributed by atoms with Gasteiger partial charge >= 0.3 is 0 Å². The van der Waals surface area contributed by atoms with Crippen molar-refractivity contribution >= 4 is 12.2 Å². The zero-order valence-electron chi connectivity index (χ0n) is 19.4. The number of nitrogens with zero attached hydrogens (tertiary/aromatic N) is 1. The average Bonchev–Trinajstić information content (AvgIpc) is 3.13. The predicted octanol–water partition coefficient (Wildman–Crippen LogP) is 2.16. The van der Waals surface area contributed by atoms with E-state index in [1.165, 1.54) is 6.42 Å². The summed E-state index contributed by atoms with van der Waals surface area (Å²) in [7, 11) is 0. The van der Waals surface area contributed by atoms with Crippen LogP contribution in [0.25, 0.3) is 0 Å². The van der Waals surface area contributed by atoms with Crippen molar-refractivity contribution < 1.29 is 24.6 Å². The molecule has 2 bridgehead atoms. The number of hydrogen-bond acceptors (Lipinski definition) is 6. The molecule has 1 aliphatic heterocycles. The van der Waals surface area contributed by atoms with E-state index in [-0.39, 0.29) is 25.1 Å². The van der Waals surface area contributed by atoms with Gasteiger partial charge in [-0.15, -0.1) is 0 Å². The van der Waals surface area contributed by atoms with E-state index < -0.39 is 24.2 Å². The fraction of sp³-hybridized carbons (Fsp3) is 0.680. The van der Waals surface area contributed by atoms with Gasteiger partial charge in [0.05, 0.1) is 19.3 Å². The number of aldehydes is 1. The molecule has 1 aromatic rings. The fourth-order valence-corrected chi connectivity index (χ4v) is 6.43. The van der Waals surface area contributed by atoms with E-state index in [4.69, 9.17) is 4.84 Å². The Hall–Kier alpha value is -1.80. The Morgan fingerprint density at radius 2 is 2.12 bits per heavy atom. The smallest absolute Gasteiger partial charge is 0.240 e. The number of aliphatic hydroxyl groups excluding tert-OH is 2. The lowest BCUT2D eigenvalue weighted by Crippen LogP contribution is -2.62. The van der Waals surface area contributed by atoms with E-state index >= 15 is 0 Å². The van der Waals surface area contributed by atoms with Crippen molar-refractivity contribution in [3.8, 4) is 0 Å². The van der Waals surface area contributed by atoms with E-state index in [9.17, 15) is 19.8 Å². The standard InChI is InChI=1S/C25H36N2O5/c1-14-19-9-18(25(19,3)4)10-20(14)26-24(31)23-22(15(2)30)21(13-29)32-27(23)11-16-6-5-7-17(8-16)12-28/h5-8,12,14-15,18-23,29-30H,9-11,13H2,1-4H3,(H,26,31)/t14-,15-,18+,19-,20-,21-,22?,23-/m0/s1. The van der Waals surface area contributed by atoms with Crippen LogP contribution in [-0.2, 0) is 16.2 Å². The molecule has 7 nitrogen and oxygen atoms in total. The number of benzene rings is 1. The molecule has 1 saturated heterocycles. The lowest BCUT2D eigenvalue weighted by Gasteiger charge is -2.62. The van der Waals surface area contributed by atoms with Crippen LogP contribution in [0, 0.1) is 29.1 Å². The summed E-state index contributed by atoms with van der Waals surface area (Å²) in [5.41, 5.74) is 1.70. The van der Waals surface area contributed by atoms with Crippen LogP contribution < -0.4 is 5.32 Å². The monoisotopic (exact) mass is 444 g/mol. The number of nitrogens with one attached hydrogen (secondary N) is 1. The van der Waals surface area contributed by atoms with Crippen molar-refractivity contribution in [2.75, 3.05) is 6.61 Å². The Morgan fingerprint density at radius 3 is 2.72 bits per heavy atom. The van der Waals surface area contributed by atoms with Gasteiger partial charge in [0.2, 0.25) is 5.91 Å². The molecule has 5 rings (SSSR count). The molecule has 0 spiro atoms. The van der Waals surface area contributed by atoms with Crippen LogP contribution in [0.15, 0.2) is 24.3 Å². The average molecular weight is 445 g/mol. The summed E-state index contributed by atoms with van der Waals surface area (Å²) in [4.78, 5) is 30.7. The molecule has 176 valence electrons. The maximum atomic E-state index is 13.6. The molecule has 3 saturated carbocycles. The Morgan fingerprint density at radius 1 is 1.38 bits per heavy atom. The normalized spacial score (nSPS) is 36.9. The first kappa shape index (κ1) is 23.4. The summed E-state index contributed by atoms with van der Waals surface area (Å²) in [6, 6.07) is 6.50. The molecule has 32 heavy (non-hydrogen) atoms. The highest BCUT2D eigenvalue weighted by Crippen LogP contribution is 2.61. The minimum absolute atomic E-state index is 0.0994. The number of aliphatic hydroxyl groups is 2. The first-order chi connectivity index (χ1) is 15.2. The van der Waals surface area contributed by atoms with Crippen LogP contribution >= 0.6 is 0 Å². The number of carbonyl (C=O) groups excluding carboxylic acids is 2. The van der Waals surface area contributed by atoms with Crippen LogP contribution in [0.4, 0.5) is 0 Å². The molecule has 0 radical (unpaired) electrons. The molecule has 1 heterocycles. The summed E-state index contributed by atoms with van der Waals surface area (Å²) in [6.45, 7) is 8.50. The van der Waals surface area contributed by atoms with Crippen LogP contribution in [-0.4, -0.2) is 58.4 Å². The second-order valence-corrected chi connectivity index (χ2v) is 10.6. The number of hydroxylamine groups is 2. The molecule has 1 amide bonds. The van der Waals surface area contributed by atoms with Crippen molar-refractivity contribution in [3.05, 3.63) is 35.4 Å². The SMILES string of the molecule is C[C@@H]1[C@@H](NC(=O)[C@@H]2C([C@H](C)O)[C@H](CO)ON2Cc2cccc(C=O)c2)C[C@H]2C[C@@H]1C2(C)C. The summed E-state index contributed by atoms with van der Waals surface area (Å²) >= 11 is 0. The van der Waals surface area contributed by atoms with Crippen LogP contribution in [0.3, 0.4) is 0 Å². The minimum atomic E-state index is -0.828. The third kappa shape index (κ3) is 4.00. The maximum Gasteiger partial charge on any atom is 0.240 e. The van der Waals surface area contributed by atoms with Gasteiger partial charge in [-0.05, 0) is 54.6 Å².